The normalized spacial score (nSPS) is 12.3. The maximum Gasteiger partial charge on any atom is 0.119 e. The van der Waals surface area contributed by atoms with E-state index in [2.05, 4.69) is 61.3 Å². The fraction of sp³-hybridized carbons (Fsp3) is 0.400. The first kappa shape index (κ1) is 17.5. The van der Waals surface area contributed by atoms with Crippen LogP contribution in [0.1, 0.15) is 36.9 Å². The lowest BCUT2D eigenvalue weighted by Crippen LogP contribution is -2.30. The number of benzene rings is 2. The summed E-state index contributed by atoms with van der Waals surface area (Å²) >= 11 is 0. The summed E-state index contributed by atoms with van der Waals surface area (Å²) in [5, 5.41) is 0. The summed E-state index contributed by atoms with van der Waals surface area (Å²) in [5.74, 6) is 0.933. The van der Waals surface area contributed by atoms with Gasteiger partial charge in [0.15, 0.2) is 0 Å². The van der Waals surface area contributed by atoms with Gasteiger partial charge in [-0.15, -0.1) is 0 Å². The van der Waals surface area contributed by atoms with Crippen molar-refractivity contribution < 1.29 is 4.74 Å². The molecule has 2 aromatic carbocycles. The number of ether oxygens (including phenoxy) is 1. The minimum absolute atomic E-state index is 0.185. The molecule has 0 bridgehead atoms. The van der Waals surface area contributed by atoms with Gasteiger partial charge < -0.3 is 10.5 Å². The highest BCUT2D eigenvalue weighted by Crippen LogP contribution is 2.24. The summed E-state index contributed by atoms with van der Waals surface area (Å²) in [6.45, 7) is 4.40. The predicted molar refractivity (Wildman–Crippen MR) is 96.5 cm³/mol. The Bertz CT molecular complexity index is 571. The van der Waals surface area contributed by atoms with E-state index in [0.717, 1.165) is 31.7 Å². The van der Waals surface area contributed by atoms with Gasteiger partial charge in [-0.3, -0.25) is 4.90 Å². The predicted octanol–water partition coefficient (Wildman–Crippen LogP) is 4.00. The van der Waals surface area contributed by atoms with E-state index in [0.29, 0.717) is 6.54 Å². The van der Waals surface area contributed by atoms with Crippen molar-refractivity contribution in [3.8, 4) is 5.75 Å². The van der Waals surface area contributed by atoms with Crippen LogP contribution in [0.3, 0.4) is 0 Å². The van der Waals surface area contributed by atoms with E-state index in [9.17, 15) is 0 Å². The first-order valence-electron chi connectivity index (χ1n) is 8.41. The third-order valence-electron chi connectivity index (χ3n) is 4.04. The van der Waals surface area contributed by atoms with Crippen LogP contribution in [0.4, 0.5) is 0 Å². The van der Waals surface area contributed by atoms with Gasteiger partial charge in [0.25, 0.3) is 0 Å². The SMILES string of the molecule is CCCCOc1cccc(C(CN)N(C)Cc2ccccc2)c1. The maximum absolute atomic E-state index is 6.05. The molecule has 1 unspecified atom stereocenters. The van der Waals surface area contributed by atoms with Crippen molar-refractivity contribution in [3.05, 3.63) is 65.7 Å². The molecular formula is C20H28N2O. The third kappa shape index (κ3) is 5.38. The highest BCUT2D eigenvalue weighted by atomic mass is 16.5. The number of hydrogen-bond donors (Lipinski definition) is 1. The highest BCUT2D eigenvalue weighted by molar-refractivity contribution is 5.31. The number of likely N-dealkylation sites (N-methyl/N-ethyl adjacent to an activating group) is 1. The van der Waals surface area contributed by atoms with E-state index >= 15 is 0 Å². The smallest absolute Gasteiger partial charge is 0.119 e. The number of nitrogens with two attached hydrogens (primary N) is 1. The molecule has 0 radical (unpaired) electrons. The zero-order chi connectivity index (χ0) is 16.5. The molecule has 0 spiro atoms. The van der Waals surface area contributed by atoms with Crippen LogP contribution in [0.5, 0.6) is 5.75 Å². The molecule has 0 fully saturated rings. The van der Waals surface area contributed by atoms with Gasteiger partial charge in [-0.1, -0.05) is 55.8 Å². The minimum atomic E-state index is 0.185. The van der Waals surface area contributed by atoms with Crippen molar-refractivity contribution in [3.63, 3.8) is 0 Å². The largest absolute Gasteiger partial charge is 0.494 e. The van der Waals surface area contributed by atoms with E-state index in [1.54, 1.807) is 0 Å². The Morgan fingerprint density at radius 2 is 1.87 bits per heavy atom. The van der Waals surface area contributed by atoms with Crippen LogP contribution in [0, 0.1) is 0 Å². The lowest BCUT2D eigenvalue weighted by molar-refractivity contribution is 0.240. The van der Waals surface area contributed by atoms with Gasteiger partial charge in [-0.25, -0.2) is 0 Å². The Hall–Kier alpha value is -1.84. The van der Waals surface area contributed by atoms with Gasteiger partial charge in [0, 0.05) is 19.1 Å². The molecule has 0 saturated carbocycles. The van der Waals surface area contributed by atoms with Crippen molar-refractivity contribution in [1.29, 1.82) is 0 Å². The van der Waals surface area contributed by atoms with Crippen molar-refractivity contribution in [1.82, 2.24) is 4.90 Å². The molecule has 0 saturated heterocycles. The molecule has 3 heteroatoms. The standard InChI is InChI=1S/C20H28N2O/c1-3-4-13-23-19-12-8-11-18(14-19)20(15-21)22(2)16-17-9-6-5-7-10-17/h5-12,14,20H,3-4,13,15-16,21H2,1-2H3. The Morgan fingerprint density at radius 3 is 2.57 bits per heavy atom. The van der Waals surface area contributed by atoms with Crippen molar-refractivity contribution in [2.45, 2.75) is 32.4 Å². The molecule has 1 atom stereocenters. The molecule has 0 aromatic heterocycles. The lowest BCUT2D eigenvalue weighted by atomic mass is 10.0. The molecule has 3 nitrogen and oxygen atoms in total. The molecule has 2 N–H and O–H groups in total. The zero-order valence-electron chi connectivity index (χ0n) is 14.2. The lowest BCUT2D eigenvalue weighted by Gasteiger charge is -2.27. The van der Waals surface area contributed by atoms with E-state index in [4.69, 9.17) is 10.5 Å². The molecule has 0 heterocycles. The summed E-state index contributed by atoms with van der Waals surface area (Å²) in [5.41, 5.74) is 8.55. The monoisotopic (exact) mass is 312 g/mol. The topological polar surface area (TPSA) is 38.5 Å². The maximum atomic E-state index is 6.05. The number of hydrogen-bond acceptors (Lipinski definition) is 3. The Kier molecular flexibility index (Phi) is 7.11. The molecule has 0 amide bonds. The summed E-state index contributed by atoms with van der Waals surface area (Å²) in [6, 6.07) is 19.0. The molecule has 0 aliphatic carbocycles. The number of nitrogens with zero attached hydrogens (tertiary/aromatic N) is 1. The second-order valence-corrected chi connectivity index (χ2v) is 5.93. The second-order valence-electron chi connectivity index (χ2n) is 5.93. The molecule has 2 aromatic rings. The van der Waals surface area contributed by atoms with Gasteiger partial charge in [0.1, 0.15) is 5.75 Å². The number of rotatable bonds is 9. The first-order valence-corrected chi connectivity index (χ1v) is 8.41. The Morgan fingerprint density at radius 1 is 1.09 bits per heavy atom. The fourth-order valence-corrected chi connectivity index (χ4v) is 2.70. The molecule has 2 rings (SSSR count). The van der Waals surface area contributed by atoms with Crippen molar-refractivity contribution in [2.75, 3.05) is 20.2 Å². The molecular weight excluding hydrogens is 284 g/mol. The highest BCUT2D eigenvalue weighted by Gasteiger charge is 2.16. The van der Waals surface area contributed by atoms with E-state index < -0.39 is 0 Å². The zero-order valence-corrected chi connectivity index (χ0v) is 14.2. The average molecular weight is 312 g/mol. The van der Waals surface area contributed by atoms with Crippen LogP contribution in [0.25, 0.3) is 0 Å². The quantitative estimate of drug-likeness (QED) is 0.711. The Labute approximate surface area is 140 Å². The molecule has 0 aliphatic heterocycles. The van der Waals surface area contributed by atoms with Crippen LogP contribution in [0.15, 0.2) is 54.6 Å². The van der Waals surface area contributed by atoms with Crippen molar-refractivity contribution in [2.24, 2.45) is 5.73 Å². The minimum Gasteiger partial charge on any atom is -0.494 e. The summed E-state index contributed by atoms with van der Waals surface area (Å²) in [6.07, 6.45) is 2.23. The Balaban J connectivity index is 2.05. The van der Waals surface area contributed by atoms with Gasteiger partial charge in [-0.2, -0.15) is 0 Å². The van der Waals surface area contributed by atoms with Crippen LogP contribution < -0.4 is 10.5 Å². The molecule has 124 valence electrons. The van der Waals surface area contributed by atoms with Gasteiger partial charge in [0.2, 0.25) is 0 Å². The van der Waals surface area contributed by atoms with Gasteiger partial charge in [-0.05, 0) is 36.7 Å². The van der Waals surface area contributed by atoms with Crippen LogP contribution in [-0.2, 0) is 6.54 Å². The van der Waals surface area contributed by atoms with Crippen molar-refractivity contribution >= 4 is 0 Å². The van der Waals surface area contributed by atoms with Crippen LogP contribution in [-0.4, -0.2) is 25.1 Å². The van der Waals surface area contributed by atoms with E-state index in [1.807, 2.05) is 12.1 Å². The molecule has 0 aliphatic rings. The number of unbranched alkanes of at least 4 members (excludes halogenated alkanes) is 1. The van der Waals surface area contributed by atoms with E-state index in [-0.39, 0.29) is 6.04 Å². The van der Waals surface area contributed by atoms with Crippen LogP contribution >= 0.6 is 0 Å². The fourth-order valence-electron chi connectivity index (χ4n) is 2.70. The average Bonchev–Trinajstić information content (AvgIpc) is 2.57. The second kappa shape index (κ2) is 9.33. The first-order chi connectivity index (χ1) is 11.2. The molecule has 23 heavy (non-hydrogen) atoms. The summed E-state index contributed by atoms with van der Waals surface area (Å²) in [4.78, 5) is 2.29. The van der Waals surface area contributed by atoms with E-state index in [1.165, 1.54) is 11.1 Å². The van der Waals surface area contributed by atoms with Crippen LogP contribution in [0.2, 0.25) is 0 Å². The summed E-state index contributed by atoms with van der Waals surface area (Å²) < 4.78 is 5.82. The third-order valence-corrected chi connectivity index (χ3v) is 4.04. The van der Waals surface area contributed by atoms with Gasteiger partial charge in [0.05, 0.1) is 6.61 Å². The summed E-state index contributed by atoms with van der Waals surface area (Å²) in [7, 11) is 2.12. The van der Waals surface area contributed by atoms with Gasteiger partial charge >= 0.3 is 0 Å².